The van der Waals surface area contributed by atoms with Crippen LogP contribution in [-0.4, -0.2) is 78.7 Å². The molecule has 3 aromatic heterocycles. The molecule has 1 aliphatic carbocycles. The summed E-state index contributed by atoms with van der Waals surface area (Å²) < 4.78 is 77.3. The molecule has 5 heterocycles. The van der Waals surface area contributed by atoms with Gasteiger partial charge in [-0.05, 0) is 45.1 Å². The van der Waals surface area contributed by atoms with Gasteiger partial charge in [-0.25, -0.2) is 28.3 Å². The first-order chi connectivity index (χ1) is 21.9. The number of alkyl halides is 5. The monoisotopic (exact) mass is 650 g/mol. The van der Waals surface area contributed by atoms with Crippen molar-refractivity contribution in [2.45, 2.75) is 82.9 Å². The molecule has 248 valence electrons. The number of aliphatic imine (C=N–C) groups is 1. The average molecular weight is 651 g/mol. The largest absolute Gasteiger partial charge is 0.393 e. The lowest BCUT2D eigenvalue weighted by molar-refractivity contribution is -0.183. The van der Waals surface area contributed by atoms with Crippen molar-refractivity contribution < 1.29 is 36.3 Å². The van der Waals surface area contributed by atoms with Crippen molar-refractivity contribution >= 4 is 23.3 Å². The van der Waals surface area contributed by atoms with Crippen molar-refractivity contribution in [2.24, 2.45) is 22.7 Å². The van der Waals surface area contributed by atoms with Crippen molar-refractivity contribution in [1.82, 2.24) is 34.7 Å². The number of piperidine rings is 1. The molecule has 2 atom stereocenters. The van der Waals surface area contributed by atoms with Gasteiger partial charge in [-0.15, -0.1) is 0 Å². The fraction of sp³-hybridized carbons (Fsp3) is 0.633. The predicted octanol–water partition coefficient (Wildman–Crippen LogP) is 4.55. The van der Waals surface area contributed by atoms with Gasteiger partial charge in [-0.3, -0.25) is 14.3 Å². The number of hydrogen-bond donors (Lipinski definition) is 1. The van der Waals surface area contributed by atoms with E-state index in [9.17, 15) is 31.5 Å². The molecule has 1 N–H and O–H groups in total. The number of nitrogens with one attached hydrogen (secondary N) is 1. The van der Waals surface area contributed by atoms with Gasteiger partial charge in [-0.2, -0.15) is 23.4 Å². The third-order valence-corrected chi connectivity index (χ3v) is 9.21. The van der Waals surface area contributed by atoms with Gasteiger partial charge < -0.3 is 10.1 Å². The second kappa shape index (κ2) is 12.8. The van der Waals surface area contributed by atoms with E-state index in [0.29, 0.717) is 44.0 Å². The third-order valence-electron chi connectivity index (χ3n) is 9.21. The number of aromatic nitrogens is 6. The Balaban J connectivity index is 1.39. The van der Waals surface area contributed by atoms with Gasteiger partial charge in [0.1, 0.15) is 11.4 Å². The van der Waals surface area contributed by atoms with E-state index in [0.717, 1.165) is 0 Å². The summed E-state index contributed by atoms with van der Waals surface area (Å²) in [6, 6.07) is 1.53. The molecular formula is C30H35F5N8O3. The number of amides is 2. The molecule has 6 rings (SSSR count). The van der Waals surface area contributed by atoms with Crippen LogP contribution in [0.5, 0.6) is 0 Å². The topological polar surface area (TPSA) is 129 Å². The van der Waals surface area contributed by atoms with Crippen molar-refractivity contribution in [2.75, 3.05) is 19.8 Å². The predicted molar refractivity (Wildman–Crippen MR) is 154 cm³/mol. The number of aryl methyl sites for hydroxylation is 1. The van der Waals surface area contributed by atoms with E-state index in [4.69, 9.17) is 14.8 Å². The highest BCUT2D eigenvalue weighted by Gasteiger charge is 2.45. The Labute approximate surface area is 261 Å². The lowest BCUT2D eigenvalue weighted by atomic mass is 9.83. The zero-order valence-corrected chi connectivity index (χ0v) is 25.3. The van der Waals surface area contributed by atoms with Crippen LogP contribution >= 0.6 is 0 Å². The summed E-state index contributed by atoms with van der Waals surface area (Å²) in [4.78, 5) is 39.9. The van der Waals surface area contributed by atoms with Crippen molar-refractivity contribution in [3.63, 3.8) is 0 Å². The summed E-state index contributed by atoms with van der Waals surface area (Å²) in [7, 11) is 0. The van der Waals surface area contributed by atoms with E-state index in [1.807, 2.05) is 6.92 Å². The van der Waals surface area contributed by atoms with Gasteiger partial charge >= 0.3 is 6.18 Å². The Morgan fingerprint density at radius 2 is 1.89 bits per heavy atom. The maximum absolute atomic E-state index is 14.1. The molecule has 2 amide bonds. The minimum atomic E-state index is -4.45. The van der Waals surface area contributed by atoms with Gasteiger partial charge in [0.2, 0.25) is 11.8 Å². The molecule has 0 aromatic carbocycles. The zero-order valence-electron chi connectivity index (χ0n) is 25.3. The number of carbonyl (C=O) groups is 2. The second-order valence-corrected chi connectivity index (χ2v) is 12.3. The fourth-order valence-corrected chi connectivity index (χ4v) is 6.60. The van der Waals surface area contributed by atoms with Gasteiger partial charge in [-0.1, -0.05) is 0 Å². The summed E-state index contributed by atoms with van der Waals surface area (Å²) in [6.07, 6.45) is -1.20. The number of ether oxygens (including phenoxy) is 1. The van der Waals surface area contributed by atoms with Crippen LogP contribution < -0.4 is 5.32 Å². The first kappa shape index (κ1) is 32.1. The molecule has 2 saturated heterocycles. The van der Waals surface area contributed by atoms with Crippen LogP contribution in [-0.2, 0) is 22.5 Å². The maximum atomic E-state index is 14.1. The normalized spacial score (nSPS) is 23.5. The standard InChI is InChI=1S/C30H35F5N8O3/c1-2-42-23(5-10-37-42)27(45)39-25(17-3-8-29(31,32)9-4-17)22-16-43-28(38-22)40-24(18-6-11-46-12-7-18)21(41-43)14-19-13-20(30(33,34)35)15-36-26(19)44/h5,10,16-20H,2-4,6-9,11-15H2,1H3,(H,36,44)/t19-,20-/m1/s1. The third kappa shape index (κ3) is 6.81. The smallest absolute Gasteiger partial charge is 0.381 e. The molecule has 1 saturated carbocycles. The van der Waals surface area contributed by atoms with E-state index < -0.39 is 48.2 Å². The highest BCUT2D eigenvalue weighted by Crippen LogP contribution is 2.38. The Morgan fingerprint density at radius 3 is 2.59 bits per heavy atom. The molecule has 3 aromatic rings. The number of carbonyl (C=O) groups excluding carboxylic acids is 2. The summed E-state index contributed by atoms with van der Waals surface area (Å²) >= 11 is 0. The van der Waals surface area contributed by atoms with Crippen LogP contribution in [0.1, 0.15) is 85.4 Å². The molecule has 3 fully saturated rings. The van der Waals surface area contributed by atoms with E-state index in [2.05, 4.69) is 20.4 Å². The van der Waals surface area contributed by atoms with Crippen molar-refractivity contribution in [1.29, 1.82) is 0 Å². The summed E-state index contributed by atoms with van der Waals surface area (Å²) in [6.45, 7) is 2.73. The average Bonchev–Trinajstić information content (AvgIpc) is 3.67. The Morgan fingerprint density at radius 1 is 1.15 bits per heavy atom. The van der Waals surface area contributed by atoms with Gasteiger partial charge in [0.15, 0.2) is 0 Å². The lowest BCUT2D eigenvalue weighted by Gasteiger charge is -2.31. The molecule has 0 unspecified atom stereocenters. The van der Waals surface area contributed by atoms with Crippen LogP contribution in [0.3, 0.4) is 0 Å². The minimum absolute atomic E-state index is 0.0558. The highest BCUT2D eigenvalue weighted by molar-refractivity contribution is 6.10. The molecule has 2 aliphatic heterocycles. The van der Waals surface area contributed by atoms with Crippen LogP contribution in [0.15, 0.2) is 23.5 Å². The Bertz CT molecular complexity index is 1620. The quantitative estimate of drug-likeness (QED) is 0.294. The van der Waals surface area contributed by atoms with Gasteiger partial charge in [0, 0.05) is 69.5 Å². The molecule has 0 radical (unpaired) electrons. The molecule has 0 bridgehead atoms. The fourth-order valence-electron chi connectivity index (χ4n) is 6.60. The molecule has 16 heteroatoms. The molecular weight excluding hydrogens is 615 g/mol. The Hall–Kier alpha value is -3.82. The van der Waals surface area contributed by atoms with Crippen LogP contribution in [0.25, 0.3) is 5.78 Å². The summed E-state index contributed by atoms with van der Waals surface area (Å²) in [5.74, 6) is -6.92. The SMILES string of the molecule is CCn1nccc1C(=O)N=C(c1cn2nc(C[C@H]3C[C@@H](C(F)(F)F)CNC3=O)c(C3CCOCC3)nc2n1)C1CCC(F)(F)CC1. The van der Waals surface area contributed by atoms with Crippen LogP contribution in [0.2, 0.25) is 0 Å². The van der Waals surface area contributed by atoms with E-state index in [1.165, 1.54) is 27.7 Å². The van der Waals surface area contributed by atoms with Crippen LogP contribution in [0.4, 0.5) is 22.0 Å². The van der Waals surface area contributed by atoms with Crippen molar-refractivity contribution in [3.8, 4) is 0 Å². The second-order valence-electron chi connectivity index (χ2n) is 12.3. The first-order valence-corrected chi connectivity index (χ1v) is 15.6. The number of nitrogens with zero attached hydrogens (tertiary/aromatic N) is 7. The summed E-state index contributed by atoms with van der Waals surface area (Å²) in [5, 5.41) is 11.2. The van der Waals surface area contributed by atoms with Gasteiger partial charge in [0.25, 0.3) is 11.7 Å². The van der Waals surface area contributed by atoms with E-state index in [-0.39, 0.29) is 67.3 Å². The number of halogens is 5. The molecule has 46 heavy (non-hydrogen) atoms. The number of imidazole rings is 1. The number of fused-ring (bicyclic) bond motifs is 1. The van der Waals surface area contributed by atoms with Crippen molar-refractivity contribution in [3.05, 3.63) is 41.2 Å². The molecule has 3 aliphatic rings. The first-order valence-electron chi connectivity index (χ1n) is 15.6. The summed E-state index contributed by atoms with van der Waals surface area (Å²) in [5.41, 5.74) is 1.64. The maximum Gasteiger partial charge on any atom is 0.393 e. The number of hydrogen-bond acceptors (Lipinski definition) is 7. The zero-order chi connectivity index (χ0) is 32.6. The van der Waals surface area contributed by atoms with Gasteiger partial charge in [0.05, 0.1) is 29.2 Å². The minimum Gasteiger partial charge on any atom is -0.381 e. The molecule has 11 nitrogen and oxygen atoms in total. The molecule has 0 spiro atoms. The highest BCUT2D eigenvalue weighted by atomic mass is 19.4. The Kier molecular flexibility index (Phi) is 8.91. The van der Waals surface area contributed by atoms with Crippen LogP contribution in [0, 0.1) is 17.8 Å². The number of rotatable bonds is 7. The lowest BCUT2D eigenvalue weighted by Crippen LogP contribution is -2.47. The van der Waals surface area contributed by atoms with E-state index in [1.54, 1.807) is 0 Å². The van der Waals surface area contributed by atoms with E-state index >= 15 is 0 Å².